The molecular formula is C25H28N4O4. The molecule has 2 aliphatic rings. The van der Waals surface area contributed by atoms with Crippen LogP contribution in [0.3, 0.4) is 0 Å². The van der Waals surface area contributed by atoms with Crippen LogP contribution in [0.15, 0.2) is 53.0 Å². The zero-order valence-corrected chi connectivity index (χ0v) is 18.6. The maximum atomic E-state index is 12.6. The molecule has 4 rings (SSSR count). The number of hydroxylamine groups is 2. The molecule has 0 saturated carbocycles. The van der Waals surface area contributed by atoms with Gasteiger partial charge >= 0.3 is 0 Å². The van der Waals surface area contributed by atoms with Gasteiger partial charge in [0.2, 0.25) is 0 Å². The van der Waals surface area contributed by atoms with Gasteiger partial charge in [-0.2, -0.15) is 0 Å². The van der Waals surface area contributed by atoms with E-state index in [0.29, 0.717) is 53.7 Å². The summed E-state index contributed by atoms with van der Waals surface area (Å²) in [7, 11) is 0. The smallest absolute Gasteiger partial charge is 0.273 e. The maximum absolute atomic E-state index is 12.6. The first-order chi connectivity index (χ1) is 15.9. The highest BCUT2D eigenvalue weighted by molar-refractivity contribution is 6.05. The van der Waals surface area contributed by atoms with Crippen LogP contribution in [-0.2, 0) is 4.79 Å². The fourth-order valence-electron chi connectivity index (χ4n) is 4.10. The lowest BCUT2D eigenvalue weighted by molar-refractivity contribution is -0.160. The Labute approximate surface area is 192 Å². The lowest BCUT2D eigenvalue weighted by Gasteiger charge is -2.16. The van der Waals surface area contributed by atoms with Crippen LogP contribution in [-0.4, -0.2) is 63.7 Å². The van der Waals surface area contributed by atoms with Crippen LogP contribution >= 0.6 is 0 Å². The molecule has 0 spiro atoms. The summed E-state index contributed by atoms with van der Waals surface area (Å²) in [6.07, 6.45) is 2.68. The third kappa shape index (κ3) is 4.97. The second kappa shape index (κ2) is 9.56. The predicted octanol–water partition coefficient (Wildman–Crippen LogP) is 2.96. The summed E-state index contributed by atoms with van der Waals surface area (Å²) < 4.78 is 0. The summed E-state index contributed by atoms with van der Waals surface area (Å²) in [5.74, 6) is -0.261. The van der Waals surface area contributed by atoms with E-state index in [4.69, 9.17) is 5.73 Å². The number of hydrogen-bond donors (Lipinski definition) is 3. The molecule has 1 atom stereocenters. The molecule has 172 valence electrons. The number of β-amino-alcohol motifs (C(OH)–C–C–N with tert-alkyl or cyclic N) is 1. The lowest BCUT2D eigenvalue weighted by Crippen LogP contribution is -2.30. The number of hydrogen-bond acceptors (Lipinski definition) is 6. The molecule has 33 heavy (non-hydrogen) atoms. The first-order valence-electron chi connectivity index (χ1n) is 11.1. The molecule has 1 saturated heterocycles. The summed E-state index contributed by atoms with van der Waals surface area (Å²) >= 11 is 0. The largest absolute Gasteiger partial charge is 0.391 e. The van der Waals surface area contributed by atoms with Gasteiger partial charge in [-0.05, 0) is 48.2 Å². The van der Waals surface area contributed by atoms with Crippen molar-refractivity contribution in [3.05, 3.63) is 59.2 Å². The molecule has 8 heteroatoms. The average Bonchev–Trinajstić information content (AvgIpc) is 3.17. The van der Waals surface area contributed by atoms with Crippen LogP contribution in [0.4, 0.5) is 5.69 Å². The highest BCUT2D eigenvalue weighted by Crippen LogP contribution is 2.32. The minimum absolute atomic E-state index is 0.0827. The number of nitrogens with zero attached hydrogens (tertiary/aromatic N) is 3. The van der Waals surface area contributed by atoms with Gasteiger partial charge in [0, 0.05) is 42.8 Å². The Kier molecular flexibility index (Phi) is 6.57. The highest BCUT2D eigenvalue weighted by atomic mass is 16.5. The van der Waals surface area contributed by atoms with Crippen molar-refractivity contribution in [3.8, 4) is 11.1 Å². The van der Waals surface area contributed by atoms with E-state index in [1.165, 1.54) is 0 Å². The summed E-state index contributed by atoms with van der Waals surface area (Å²) in [5, 5.41) is 20.3. The van der Waals surface area contributed by atoms with E-state index in [1.54, 1.807) is 23.1 Å². The van der Waals surface area contributed by atoms with Crippen molar-refractivity contribution in [3.63, 3.8) is 0 Å². The number of nitrogens with two attached hydrogens (primary N) is 1. The monoisotopic (exact) mass is 448 g/mol. The molecule has 1 fully saturated rings. The number of likely N-dealkylation sites (tertiary alicyclic amines) is 1. The first kappa shape index (κ1) is 22.7. The SMILES string of the molecule is CCCN(O)C(=O)C1=Cc2ccc(-c3ccc(C(=O)N4CC[C@@H](O)C4)cc3)cc2N=C(N)C1. The van der Waals surface area contributed by atoms with E-state index in [9.17, 15) is 19.9 Å². The zero-order chi connectivity index (χ0) is 23.5. The van der Waals surface area contributed by atoms with Crippen molar-refractivity contribution >= 4 is 29.4 Å². The summed E-state index contributed by atoms with van der Waals surface area (Å²) in [6, 6.07) is 13.0. The van der Waals surface area contributed by atoms with Crippen molar-refractivity contribution < 1.29 is 19.9 Å². The molecule has 2 aromatic carbocycles. The van der Waals surface area contributed by atoms with Crippen LogP contribution < -0.4 is 5.73 Å². The van der Waals surface area contributed by atoms with Crippen LogP contribution in [0.25, 0.3) is 17.2 Å². The number of aliphatic hydroxyl groups excluding tert-OH is 1. The minimum Gasteiger partial charge on any atom is -0.391 e. The van der Waals surface area contributed by atoms with E-state index >= 15 is 0 Å². The van der Waals surface area contributed by atoms with Crippen molar-refractivity contribution in [2.45, 2.75) is 32.3 Å². The summed E-state index contributed by atoms with van der Waals surface area (Å²) in [6.45, 7) is 3.06. The maximum Gasteiger partial charge on any atom is 0.273 e. The third-order valence-corrected chi connectivity index (χ3v) is 5.86. The molecular weight excluding hydrogens is 420 g/mol. The van der Waals surface area contributed by atoms with Crippen LogP contribution in [0, 0.1) is 0 Å². The molecule has 0 unspecified atom stereocenters. The van der Waals surface area contributed by atoms with E-state index in [2.05, 4.69) is 4.99 Å². The third-order valence-electron chi connectivity index (χ3n) is 5.86. The molecule has 2 amide bonds. The fourth-order valence-corrected chi connectivity index (χ4v) is 4.10. The van der Waals surface area contributed by atoms with Gasteiger partial charge in [-0.15, -0.1) is 0 Å². The Morgan fingerprint density at radius 1 is 1.18 bits per heavy atom. The topological polar surface area (TPSA) is 119 Å². The number of amidine groups is 1. The van der Waals surface area contributed by atoms with Gasteiger partial charge in [0.25, 0.3) is 11.8 Å². The molecule has 0 aliphatic carbocycles. The van der Waals surface area contributed by atoms with Crippen LogP contribution in [0.1, 0.15) is 42.1 Å². The van der Waals surface area contributed by atoms with Crippen molar-refractivity contribution in [1.29, 1.82) is 0 Å². The minimum atomic E-state index is -0.474. The fraction of sp³-hybridized carbons (Fsp3) is 0.320. The Hall–Kier alpha value is -3.49. The number of benzene rings is 2. The second-order valence-corrected chi connectivity index (χ2v) is 8.42. The standard InChI is InChI=1S/C25H28N4O4/c1-2-10-29(33)25(32)20-12-19-8-7-18(13-22(19)27-23(26)14-20)16-3-5-17(6-4-16)24(31)28-11-9-21(30)15-28/h3-8,12-13,21,30,33H,2,9-11,14-15H2,1H3,(H2,26,27)/t21-/m1/s1. The number of amides is 2. The molecule has 0 aromatic heterocycles. The number of rotatable bonds is 5. The Morgan fingerprint density at radius 3 is 2.58 bits per heavy atom. The zero-order valence-electron chi connectivity index (χ0n) is 18.6. The Balaban J connectivity index is 1.57. The van der Waals surface area contributed by atoms with Crippen molar-refractivity contribution in [1.82, 2.24) is 9.96 Å². The van der Waals surface area contributed by atoms with Crippen LogP contribution in [0.2, 0.25) is 0 Å². The van der Waals surface area contributed by atoms with Gasteiger partial charge < -0.3 is 15.7 Å². The van der Waals surface area contributed by atoms with Gasteiger partial charge in [-0.3, -0.25) is 14.8 Å². The molecule has 2 heterocycles. The number of carbonyl (C=O) groups excluding carboxylic acids is 2. The molecule has 4 N–H and O–H groups in total. The van der Waals surface area contributed by atoms with Gasteiger partial charge in [-0.25, -0.2) is 10.1 Å². The normalized spacial score (nSPS) is 17.7. The van der Waals surface area contributed by atoms with E-state index in [1.807, 2.05) is 37.3 Å². The van der Waals surface area contributed by atoms with E-state index < -0.39 is 12.0 Å². The van der Waals surface area contributed by atoms with Gasteiger partial charge in [0.05, 0.1) is 11.8 Å². The number of carbonyl (C=O) groups is 2. The number of aliphatic hydroxyl groups is 1. The van der Waals surface area contributed by atoms with Crippen LogP contribution in [0.5, 0.6) is 0 Å². The van der Waals surface area contributed by atoms with Gasteiger partial charge in [-0.1, -0.05) is 31.2 Å². The molecule has 8 nitrogen and oxygen atoms in total. The molecule has 0 bridgehead atoms. The predicted molar refractivity (Wildman–Crippen MR) is 126 cm³/mol. The second-order valence-electron chi connectivity index (χ2n) is 8.42. The molecule has 0 radical (unpaired) electrons. The highest BCUT2D eigenvalue weighted by Gasteiger charge is 2.25. The number of fused-ring (bicyclic) bond motifs is 1. The summed E-state index contributed by atoms with van der Waals surface area (Å²) in [5.41, 5.74) is 10.2. The van der Waals surface area contributed by atoms with Crippen molar-refractivity contribution in [2.75, 3.05) is 19.6 Å². The molecule has 2 aromatic rings. The Bertz CT molecular complexity index is 1120. The molecule has 2 aliphatic heterocycles. The van der Waals surface area contributed by atoms with Gasteiger partial charge in [0.1, 0.15) is 5.84 Å². The average molecular weight is 449 g/mol. The first-order valence-corrected chi connectivity index (χ1v) is 11.1. The Morgan fingerprint density at radius 2 is 1.91 bits per heavy atom. The van der Waals surface area contributed by atoms with Gasteiger partial charge in [0.15, 0.2) is 0 Å². The van der Waals surface area contributed by atoms with E-state index in [0.717, 1.165) is 16.7 Å². The quantitative estimate of drug-likeness (QED) is 0.480. The lowest BCUT2D eigenvalue weighted by atomic mass is 10.00. The van der Waals surface area contributed by atoms with Crippen molar-refractivity contribution in [2.24, 2.45) is 10.7 Å². The number of aliphatic imine (C=N–C) groups is 1. The summed E-state index contributed by atoms with van der Waals surface area (Å²) in [4.78, 5) is 31.3. The van der Waals surface area contributed by atoms with E-state index in [-0.39, 0.29) is 18.9 Å².